The molecular formula is C4F6MgO4. The number of hydrogen-bond donors (Lipinski definition) is 0. The molecular weight excluding hydrogens is 250 g/mol. The molecule has 0 saturated heterocycles. The van der Waals surface area contributed by atoms with E-state index in [1.165, 1.54) is 0 Å². The summed E-state index contributed by atoms with van der Waals surface area (Å²) >= 11 is 0. The van der Waals surface area contributed by atoms with E-state index in [2.05, 4.69) is 0 Å². The van der Waals surface area contributed by atoms with Gasteiger partial charge in [0, 0.05) is 0 Å². The quantitative estimate of drug-likeness (QED) is 0.376. The molecule has 4 nitrogen and oxygen atoms in total. The van der Waals surface area contributed by atoms with Crippen molar-refractivity contribution in [2.24, 2.45) is 0 Å². The molecule has 0 N–H and O–H groups in total. The molecule has 0 bridgehead atoms. The molecule has 0 saturated carbocycles. The zero-order valence-electron chi connectivity index (χ0n) is 6.61. The first-order chi connectivity index (χ1) is 5.89. The second kappa shape index (κ2) is 6.71. The van der Waals surface area contributed by atoms with Crippen molar-refractivity contribution < 1.29 is 46.1 Å². The molecule has 0 aromatic heterocycles. The van der Waals surface area contributed by atoms with Crippen LogP contribution in [0.1, 0.15) is 0 Å². The van der Waals surface area contributed by atoms with Gasteiger partial charge in [-0.2, -0.15) is 26.3 Å². The SMILES string of the molecule is O=C([O-])C(F)(F)F.O=C([O-])C(F)(F)F.[Mg+2]. The summed E-state index contributed by atoms with van der Waals surface area (Å²) in [6.45, 7) is 0. The van der Waals surface area contributed by atoms with Crippen molar-refractivity contribution in [3.63, 3.8) is 0 Å². The van der Waals surface area contributed by atoms with Crippen LogP contribution in [0.2, 0.25) is 0 Å². The van der Waals surface area contributed by atoms with E-state index in [0.29, 0.717) is 0 Å². The molecule has 0 spiro atoms. The Hall–Kier alpha value is -0.714. The van der Waals surface area contributed by atoms with Crippen molar-refractivity contribution in [1.29, 1.82) is 0 Å². The first kappa shape index (κ1) is 19.8. The maximum Gasteiger partial charge on any atom is 2.00 e. The minimum Gasteiger partial charge on any atom is -0.542 e. The molecule has 0 aliphatic heterocycles. The second-order valence-electron chi connectivity index (χ2n) is 1.57. The number of carboxylic acid groups (broad SMARTS) is 2. The fourth-order valence-corrected chi connectivity index (χ4v) is 0. The van der Waals surface area contributed by atoms with Gasteiger partial charge in [-0.25, -0.2) is 0 Å². The Morgan fingerprint density at radius 1 is 0.733 bits per heavy atom. The Balaban J connectivity index is -0.000000180. The third kappa shape index (κ3) is 13.3. The summed E-state index contributed by atoms with van der Waals surface area (Å²) < 4.78 is 63.1. The Labute approximate surface area is 94.0 Å². The molecule has 84 valence electrons. The molecule has 15 heavy (non-hydrogen) atoms. The van der Waals surface area contributed by atoms with Crippen molar-refractivity contribution in [3.05, 3.63) is 0 Å². The second-order valence-corrected chi connectivity index (χ2v) is 1.57. The number of alkyl halides is 6. The molecule has 11 heteroatoms. The van der Waals surface area contributed by atoms with Crippen LogP contribution in [0.3, 0.4) is 0 Å². The normalized spacial score (nSPS) is 10.5. The molecule has 0 aromatic carbocycles. The van der Waals surface area contributed by atoms with Gasteiger partial charge in [-0.15, -0.1) is 0 Å². The third-order valence-electron chi connectivity index (χ3n) is 0.463. The average Bonchev–Trinajstić information content (AvgIpc) is 1.83. The summed E-state index contributed by atoms with van der Waals surface area (Å²) in [6.07, 6.45) is -10.4. The fourth-order valence-electron chi connectivity index (χ4n) is 0. The minimum absolute atomic E-state index is 0. The molecule has 0 fully saturated rings. The number of rotatable bonds is 0. The molecule has 0 unspecified atom stereocenters. The molecule has 0 heterocycles. The number of halogens is 6. The standard InChI is InChI=1S/2C2HF3O2.Mg/c2*3-2(4,5)1(6)7;/h2*(H,6,7);/q;;+2/p-2. The Bertz CT molecular complexity index is 196. The van der Waals surface area contributed by atoms with Gasteiger partial charge in [0.05, 0.1) is 0 Å². The van der Waals surface area contributed by atoms with Gasteiger partial charge in [-0.05, 0) is 0 Å². The Morgan fingerprint density at radius 2 is 0.800 bits per heavy atom. The van der Waals surface area contributed by atoms with Crippen molar-refractivity contribution in [2.45, 2.75) is 12.4 Å². The molecule has 0 aliphatic rings. The zero-order valence-corrected chi connectivity index (χ0v) is 8.02. The van der Waals surface area contributed by atoms with E-state index in [0.717, 1.165) is 0 Å². The maximum atomic E-state index is 10.5. The molecule has 0 atom stereocenters. The smallest absolute Gasteiger partial charge is 0.542 e. The summed E-state index contributed by atoms with van der Waals surface area (Å²) in [5.41, 5.74) is 0. The topological polar surface area (TPSA) is 80.3 Å². The first-order valence-electron chi connectivity index (χ1n) is 2.45. The molecule has 0 amide bonds. The summed E-state index contributed by atoms with van der Waals surface area (Å²) in [4.78, 5) is 17.6. The number of carbonyl (C=O) groups is 2. The van der Waals surface area contributed by atoms with Crippen LogP contribution in [-0.2, 0) is 9.59 Å². The van der Waals surface area contributed by atoms with E-state index in [4.69, 9.17) is 19.8 Å². The number of carbonyl (C=O) groups excluding carboxylic acids is 2. The first-order valence-corrected chi connectivity index (χ1v) is 2.45. The zero-order chi connectivity index (χ0) is 12.2. The summed E-state index contributed by atoms with van der Waals surface area (Å²) in [6, 6.07) is 0. The van der Waals surface area contributed by atoms with Gasteiger partial charge in [0.15, 0.2) is 0 Å². The van der Waals surface area contributed by atoms with Crippen LogP contribution in [0, 0.1) is 0 Å². The molecule has 0 rings (SSSR count). The molecule has 0 radical (unpaired) electrons. The van der Waals surface area contributed by atoms with E-state index < -0.39 is 24.3 Å². The summed E-state index contributed by atoms with van der Waals surface area (Å²) in [7, 11) is 0. The van der Waals surface area contributed by atoms with Crippen LogP contribution < -0.4 is 10.2 Å². The van der Waals surface area contributed by atoms with Crippen LogP contribution in [0.15, 0.2) is 0 Å². The minimum atomic E-state index is -5.19. The predicted octanol–water partition coefficient (Wildman–Crippen LogP) is -1.78. The van der Waals surface area contributed by atoms with Crippen LogP contribution >= 0.6 is 0 Å². The Morgan fingerprint density at radius 3 is 0.800 bits per heavy atom. The number of hydrogen-bond acceptors (Lipinski definition) is 4. The summed E-state index contributed by atoms with van der Waals surface area (Å²) in [5.74, 6) is -6.01. The van der Waals surface area contributed by atoms with Gasteiger partial charge in [0.25, 0.3) is 0 Å². The van der Waals surface area contributed by atoms with E-state index >= 15 is 0 Å². The van der Waals surface area contributed by atoms with Crippen molar-refractivity contribution in [3.8, 4) is 0 Å². The van der Waals surface area contributed by atoms with Gasteiger partial charge >= 0.3 is 35.4 Å². The van der Waals surface area contributed by atoms with Crippen LogP contribution in [0.25, 0.3) is 0 Å². The van der Waals surface area contributed by atoms with Crippen LogP contribution in [-0.4, -0.2) is 47.3 Å². The van der Waals surface area contributed by atoms with Crippen molar-refractivity contribution in [2.75, 3.05) is 0 Å². The largest absolute Gasteiger partial charge is 2.00 e. The van der Waals surface area contributed by atoms with E-state index in [1.54, 1.807) is 0 Å². The van der Waals surface area contributed by atoms with Crippen molar-refractivity contribution in [1.82, 2.24) is 0 Å². The van der Waals surface area contributed by atoms with Gasteiger partial charge in [-0.3, -0.25) is 0 Å². The average molecular weight is 250 g/mol. The van der Waals surface area contributed by atoms with E-state index in [9.17, 15) is 26.3 Å². The predicted molar refractivity (Wildman–Crippen MR) is 27.9 cm³/mol. The van der Waals surface area contributed by atoms with Gasteiger partial charge < -0.3 is 19.8 Å². The van der Waals surface area contributed by atoms with E-state index in [-0.39, 0.29) is 23.1 Å². The van der Waals surface area contributed by atoms with Gasteiger partial charge in [0.1, 0.15) is 11.9 Å². The number of aliphatic carboxylic acids is 2. The monoisotopic (exact) mass is 250 g/mol. The van der Waals surface area contributed by atoms with Crippen LogP contribution in [0.5, 0.6) is 0 Å². The Kier molecular flexibility index (Phi) is 8.86. The maximum absolute atomic E-state index is 10.5. The van der Waals surface area contributed by atoms with Crippen molar-refractivity contribution >= 4 is 35.0 Å². The fraction of sp³-hybridized carbons (Fsp3) is 0.500. The number of carboxylic acids is 2. The van der Waals surface area contributed by atoms with Gasteiger partial charge in [0.2, 0.25) is 0 Å². The van der Waals surface area contributed by atoms with E-state index in [1.807, 2.05) is 0 Å². The molecule has 0 aliphatic carbocycles. The van der Waals surface area contributed by atoms with Gasteiger partial charge in [-0.1, -0.05) is 0 Å². The summed E-state index contributed by atoms with van der Waals surface area (Å²) in [5, 5.41) is 17.6. The van der Waals surface area contributed by atoms with Crippen LogP contribution in [0.4, 0.5) is 26.3 Å². The third-order valence-corrected chi connectivity index (χ3v) is 0.463. The molecule has 0 aromatic rings.